The van der Waals surface area contributed by atoms with Gasteiger partial charge in [-0.15, -0.1) is 0 Å². The highest BCUT2D eigenvalue weighted by Crippen LogP contribution is 2.13. The van der Waals surface area contributed by atoms with E-state index in [-0.39, 0.29) is 5.60 Å². The van der Waals surface area contributed by atoms with E-state index in [4.69, 9.17) is 4.74 Å². The molecule has 1 rings (SSSR count). The first-order chi connectivity index (χ1) is 7.55. The number of hydrogen-bond donors (Lipinski definition) is 1. The van der Waals surface area contributed by atoms with Crippen molar-refractivity contribution in [2.75, 3.05) is 20.2 Å². The number of rotatable bonds is 6. The molecule has 90 valence electrons. The van der Waals surface area contributed by atoms with Gasteiger partial charge in [0.1, 0.15) is 0 Å². The van der Waals surface area contributed by atoms with Crippen LogP contribution in [-0.4, -0.2) is 25.8 Å². The van der Waals surface area contributed by atoms with Crippen molar-refractivity contribution >= 4 is 0 Å². The van der Waals surface area contributed by atoms with Crippen LogP contribution in [0.2, 0.25) is 0 Å². The summed E-state index contributed by atoms with van der Waals surface area (Å²) in [4.78, 5) is 0. The number of hydrogen-bond acceptors (Lipinski definition) is 2. The fourth-order valence-corrected chi connectivity index (χ4v) is 1.56. The van der Waals surface area contributed by atoms with Crippen LogP contribution < -0.4 is 5.32 Å². The highest BCUT2D eigenvalue weighted by Gasteiger charge is 2.15. The molecule has 1 N–H and O–H groups in total. The van der Waals surface area contributed by atoms with E-state index in [1.165, 1.54) is 5.56 Å². The average Bonchev–Trinajstić information content (AvgIpc) is 2.30. The molecule has 2 heteroatoms. The predicted octanol–water partition coefficient (Wildman–Crippen LogP) is 2.80. The van der Waals surface area contributed by atoms with Crippen LogP contribution in [0, 0.1) is 0 Å². The average molecular weight is 221 g/mol. The molecular weight excluding hydrogens is 198 g/mol. The summed E-state index contributed by atoms with van der Waals surface area (Å²) in [5.74, 6) is 0.536. The summed E-state index contributed by atoms with van der Waals surface area (Å²) in [6.45, 7) is 8.28. The summed E-state index contributed by atoms with van der Waals surface area (Å²) in [7, 11) is 1.75. The minimum Gasteiger partial charge on any atom is -0.377 e. The maximum Gasteiger partial charge on any atom is 0.0746 e. The minimum atomic E-state index is -0.0869. The third-order valence-electron chi connectivity index (χ3n) is 2.92. The first-order valence-electron chi connectivity index (χ1n) is 5.86. The smallest absolute Gasteiger partial charge is 0.0746 e. The van der Waals surface area contributed by atoms with Gasteiger partial charge in [0.15, 0.2) is 0 Å². The Balaban J connectivity index is 2.34. The van der Waals surface area contributed by atoms with Crippen molar-refractivity contribution in [2.24, 2.45) is 0 Å². The van der Waals surface area contributed by atoms with Gasteiger partial charge in [0.25, 0.3) is 0 Å². The standard InChI is InChI=1S/C14H23NO/c1-12(13-8-6-5-7-9-13)10-15-11-14(2,3)16-4/h5-9,12,15H,10-11H2,1-4H3. The maximum absolute atomic E-state index is 5.36. The van der Waals surface area contributed by atoms with E-state index in [2.05, 4.69) is 56.4 Å². The van der Waals surface area contributed by atoms with Crippen LogP contribution in [0.25, 0.3) is 0 Å². The van der Waals surface area contributed by atoms with Gasteiger partial charge in [-0.05, 0) is 25.3 Å². The van der Waals surface area contributed by atoms with Crippen LogP contribution >= 0.6 is 0 Å². The van der Waals surface area contributed by atoms with Crippen molar-refractivity contribution < 1.29 is 4.74 Å². The molecule has 0 radical (unpaired) electrons. The normalized spacial score (nSPS) is 13.8. The number of methoxy groups -OCH3 is 1. The molecule has 2 nitrogen and oxygen atoms in total. The van der Waals surface area contributed by atoms with E-state index in [1.807, 2.05) is 0 Å². The Morgan fingerprint density at radius 1 is 1.25 bits per heavy atom. The zero-order valence-electron chi connectivity index (χ0n) is 10.8. The Hall–Kier alpha value is -0.860. The first-order valence-corrected chi connectivity index (χ1v) is 5.86. The molecule has 0 spiro atoms. The van der Waals surface area contributed by atoms with Crippen LogP contribution in [0.1, 0.15) is 32.3 Å². The summed E-state index contributed by atoms with van der Waals surface area (Å²) in [5, 5.41) is 3.45. The predicted molar refractivity (Wildman–Crippen MR) is 68.8 cm³/mol. The highest BCUT2D eigenvalue weighted by atomic mass is 16.5. The van der Waals surface area contributed by atoms with E-state index in [9.17, 15) is 0 Å². The molecule has 0 aliphatic carbocycles. The second kappa shape index (κ2) is 6.02. The lowest BCUT2D eigenvalue weighted by Gasteiger charge is -2.24. The Labute approximate surface area is 99.0 Å². The number of ether oxygens (including phenoxy) is 1. The third kappa shape index (κ3) is 4.33. The SMILES string of the molecule is COC(C)(C)CNCC(C)c1ccccc1. The molecular formula is C14H23NO. The molecule has 16 heavy (non-hydrogen) atoms. The van der Waals surface area contributed by atoms with Gasteiger partial charge in [-0.1, -0.05) is 37.3 Å². The Morgan fingerprint density at radius 3 is 2.44 bits per heavy atom. The maximum atomic E-state index is 5.36. The Morgan fingerprint density at radius 2 is 1.88 bits per heavy atom. The zero-order valence-corrected chi connectivity index (χ0v) is 10.8. The topological polar surface area (TPSA) is 21.3 Å². The summed E-state index contributed by atoms with van der Waals surface area (Å²) in [6, 6.07) is 10.6. The summed E-state index contributed by atoms with van der Waals surface area (Å²) >= 11 is 0. The zero-order chi connectivity index (χ0) is 12.0. The van der Waals surface area contributed by atoms with Crippen molar-refractivity contribution in [1.29, 1.82) is 0 Å². The molecule has 0 amide bonds. The van der Waals surface area contributed by atoms with Gasteiger partial charge < -0.3 is 10.1 Å². The van der Waals surface area contributed by atoms with E-state index in [0.717, 1.165) is 13.1 Å². The van der Waals surface area contributed by atoms with Crippen LogP contribution in [0.3, 0.4) is 0 Å². The molecule has 1 aromatic carbocycles. The summed E-state index contributed by atoms with van der Waals surface area (Å²) in [5.41, 5.74) is 1.29. The van der Waals surface area contributed by atoms with Crippen LogP contribution in [0.15, 0.2) is 30.3 Å². The minimum absolute atomic E-state index is 0.0869. The van der Waals surface area contributed by atoms with Crippen molar-refractivity contribution in [3.63, 3.8) is 0 Å². The van der Waals surface area contributed by atoms with Crippen LogP contribution in [0.4, 0.5) is 0 Å². The second-order valence-corrected chi connectivity index (χ2v) is 4.91. The lowest BCUT2D eigenvalue weighted by atomic mass is 10.0. The second-order valence-electron chi connectivity index (χ2n) is 4.91. The highest BCUT2D eigenvalue weighted by molar-refractivity contribution is 5.18. The quantitative estimate of drug-likeness (QED) is 0.797. The van der Waals surface area contributed by atoms with Crippen molar-refractivity contribution in [3.8, 4) is 0 Å². The van der Waals surface area contributed by atoms with E-state index in [1.54, 1.807) is 7.11 Å². The molecule has 0 aliphatic heterocycles. The molecule has 1 atom stereocenters. The van der Waals surface area contributed by atoms with E-state index < -0.39 is 0 Å². The van der Waals surface area contributed by atoms with Crippen molar-refractivity contribution in [2.45, 2.75) is 32.3 Å². The van der Waals surface area contributed by atoms with Crippen molar-refractivity contribution in [1.82, 2.24) is 5.32 Å². The van der Waals surface area contributed by atoms with E-state index >= 15 is 0 Å². The Bertz CT molecular complexity index is 295. The fourth-order valence-electron chi connectivity index (χ4n) is 1.56. The van der Waals surface area contributed by atoms with Crippen LogP contribution in [-0.2, 0) is 4.74 Å². The fraction of sp³-hybridized carbons (Fsp3) is 0.571. The van der Waals surface area contributed by atoms with Gasteiger partial charge in [0.05, 0.1) is 5.60 Å². The van der Waals surface area contributed by atoms with Gasteiger partial charge in [0, 0.05) is 20.2 Å². The van der Waals surface area contributed by atoms with Gasteiger partial charge >= 0.3 is 0 Å². The van der Waals surface area contributed by atoms with Gasteiger partial charge in [0.2, 0.25) is 0 Å². The molecule has 0 fully saturated rings. The lowest BCUT2D eigenvalue weighted by Crippen LogP contribution is -2.38. The van der Waals surface area contributed by atoms with Crippen LogP contribution in [0.5, 0.6) is 0 Å². The molecule has 0 bridgehead atoms. The van der Waals surface area contributed by atoms with Gasteiger partial charge in [-0.25, -0.2) is 0 Å². The molecule has 0 heterocycles. The van der Waals surface area contributed by atoms with Gasteiger partial charge in [-0.2, -0.15) is 0 Å². The largest absolute Gasteiger partial charge is 0.377 e. The molecule has 0 aromatic heterocycles. The number of nitrogens with one attached hydrogen (secondary N) is 1. The molecule has 0 aliphatic rings. The molecule has 1 unspecified atom stereocenters. The van der Waals surface area contributed by atoms with Crippen molar-refractivity contribution in [3.05, 3.63) is 35.9 Å². The molecule has 0 saturated carbocycles. The van der Waals surface area contributed by atoms with E-state index in [0.29, 0.717) is 5.92 Å². The molecule has 1 aromatic rings. The number of benzene rings is 1. The van der Waals surface area contributed by atoms with Gasteiger partial charge in [-0.3, -0.25) is 0 Å². The summed E-state index contributed by atoms with van der Waals surface area (Å²) in [6.07, 6.45) is 0. The molecule has 0 saturated heterocycles. The monoisotopic (exact) mass is 221 g/mol. The summed E-state index contributed by atoms with van der Waals surface area (Å²) < 4.78 is 5.36. The third-order valence-corrected chi connectivity index (χ3v) is 2.92. The first kappa shape index (κ1) is 13.2. The Kier molecular flexibility index (Phi) is 4.97. The lowest BCUT2D eigenvalue weighted by molar-refractivity contribution is 0.0232.